The Labute approximate surface area is 181 Å². The van der Waals surface area contributed by atoms with Crippen LogP contribution in [0, 0.1) is 0 Å². The van der Waals surface area contributed by atoms with Crippen molar-refractivity contribution in [3.8, 4) is 0 Å². The summed E-state index contributed by atoms with van der Waals surface area (Å²) in [7, 11) is -4.99. The number of hydrogen-bond donors (Lipinski definition) is 5. The van der Waals surface area contributed by atoms with E-state index in [1.165, 1.54) is 5.38 Å². The standard InChI is InChI=1S/C12H14N10O8S2/c13-11-15-4(3-31-11)7(19-30-2-6-17-20-21-18-6)9(23)16-8-5(1-29-12(14)25)22(10(8)24)32(26,27)28/h3,5,8H,1-2H2,(H2,13,15)(H2,14,25)(H,16,23)(H,26,27,28)(H,17,18,20,21)/b19-7-/t5-,8+/m1/s1. The van der Waals surface area contributed by atoms with E-state index in [1.807, 2.05) is 0 Å². The van der Waals surface area contributed by atoms with Crippen molar-refractivity contribution >= 4 is 50.4 Å². The van der Waals surface area contributed by atoms with Crippen molar-refractivity contribution in [3.05, 3.63) is 16.9 Å². The van der Waals surface area contributed by atoms with E-state index < -0.39 is 52.6 Å². The zero-order chi connectivity index (χ0) is 23.5. The normalized spacial score (nSPS) is 18.7. The summed E-state index contributed by atoms with van der Waals surface area (Å²) >= 11 is 0.988. The van der Waals surface area contributed by atoms with E-state index in [-0.39, 0.29) is 27.6 Å². The number of oxime groups is 1. The average molecular weight is 490 g/mol. The molecule has 3 amide bonds. The monoisotopic (exact) mass is 490 g/mol. The number of thiazole rings is 1. The second kappa shape index (κ2) is 9.07. The van der Waals surface area contributed by atoms with Gasteiger partial charge in [0.25, 0.3) is 11.8 Å². The number of anilines is 1. The number of β-lactam (4-membered cyclic amide) rings is 1. The SMILES string of the molecule is NC(=O)OC[C@@H]1[C@H](NC(=O)/C(=N\OCc2nn[nH]n2)c2csc(N)n2)C(=O)N1S(=O)(=O)O. The van der Waals surface area contributed by atoms with Crippen LogP contribution in [0.2, 0.25) is 0 Å². The lowest BCUT2D eigenvalue weighted by molar-refractivity contribution is -0.146. The molecule has 20 heteroatoms. The molecule has 1 saturated heterocycles. The van der Waals surface area contributed by atoms with Gasteiger partial charge in [0.15, 0.2) is 17.5 Å². The van der Waals surface area contributed by atoms with Crippen LogP contribution >= 0.6 is 11.3 Å². The maximum Gasteiger partial charge on any atom is 0.404 e. The number of aromatic amines is 1. The Morgan fingerprint density at radius 3 is 2.75 bits per heavy atom. The van der Waals surface area contributed by atoms with Gasteiger partial charge in [0, 0.05) is 5.38 Å². The third-order valence-electron chi connectivity index (χ3n) is 3.82. The predicted octanol–water partition coefficient (Wildman–Crippen LogP) is -3.25. The summed E-state index contributed by atoms with van der Waals surface area (Å²) in [6, 6.07) is -2.97. The first kappa shape index (κ1) is 22.8. The number of nitrogens with zero attached hydrogens (tertiary/aromatic N) is 6. The molecule has 1 aliphatic heterocycles. The number of nitrogens with two attached hydrogens (primary N) is 2. The van der Waals surface area contributed by atoms with Gasteiger partial charge in [-0.25, -0.2) is 14.1 Å². The van der Waals surface area contributed by atoms with Gasteiger partial charge in [-0.1, -0.05) is 10.4 Å². The average Bonchev–Trinajstić information content (AvgIpc) is 3.36. The Morgan fingerprint density at radius 1 is 1.44 bits per heavy atom. The molecular formula is C12H14N10O8S2. The van der Waals surface area contributed by atoms with Gasteiger partial charge in [-0.2, -0.15) is 13.6 Å². The largest absolute Gasteiger partial charge is 0.447 e. The molecule has 3 heterocycles. The topological polar surface area (TPSA) is 271 Å². The summed E-state index contributed by atoms with van der Waals surface area (Å²) in [5.74, 6) is -2.09. The molecule has 7 N–H and O–H groups in total. The Hall–Kier alpha value is -3.91. The van der Waals surface area contributed by atoms with Gasteiger partial charge >= 0.3 is 16.4 Å². The lowest BCUT2D eigenvalue weighted by Gasteiger charge is -2.43. The molecule has 0 spiro atoms. The first-order valence-electron chi connectivity index (χ1n) is 8.25. The summed E-state index contributed by atoms with van der Waals surface area (Å²) in [5, 5.41) is 20.1. The van der Waals surface area contributed by atoms with E-state index in [1.54, 1.807) is 0 Å². The number of carbonyl (C=O) groups is 3. The molecule has 0 saturated carbocycles. The highest BCUT2D eigenvalue weighted by molar-refractivity contribution is 7.84. The van der Waals surface area contributed by atoms with Crippen LogP contribution in [0.3, 0.4) is 0 Å². The zero-order valence-corrected chi connectivity index (χ0v) is 17.2. The second-order valence-electron chi connectivity index (χ2n) is 5.87. The highest BCUT2D eigenvalue weighted by atomic mass is 32.2. The first-order valence-corrected chi connectivity index (χ1v) is 10.5. The molecule has 2 aromatic rings. The van der Waals surface area contributed by atoms with E-state index in [9.17, 15) is 27.4 Å². The van der Waals surface area contributed by atoms with Gasteiger partial charge < -0.3 is 26.4 Å². The van der Waals surface area contributed by atoms with Crippen molar-refractivity contribution in [1.82, 2.24) is 35.2 Å². The molecule has 0 aromatic carbocycles. The van der Waals surface area contributed by atoms with Crippen molar-refractivity contribution < 1.29 is 36.9 Å². The number of hydrogen-bond acceptors (Lipinski definition) is 14. The fourth-order valence-corrected chi connectivity index (χ4v) is 3.91. The Balaban J connectivity index is 1.79. The van der Waals surface area contributed by atoms with Crippen LogP contribution in [0.4, 0.5) is 9.93 Å². The molecule has 32 heavy (non-hydrogen) atoms. The van der Waals surface area contributed by atoms with Crippen molar-refractivity contribution in [2.24, 2.45) is 10.9 Å². The van der Waals surface area contributed by atoms with Gasteiger partial charge in [-0.05, 0) is 0 Å². The van der Waals surface area contributed by atoms with Crippen molar-refractivity contribution in [2.45, 2.75) is 18.7 Å². The Morgan fingerprint density at radius 2 is 2.19 bits per heavy atom. The minimum atomic E-state index is -4.99. The maximum atomic E-state index is 12.8. The molecule has 0 bridgehead atoms. The zero-order valence-electron chi connectivity index (χ0n) is 15.6. The van der Waals surface area contributed by atoms with Gasteiger partial charge in [0.05, 0.1) is 0 Å². The van der Waals surface area contributed by atoms with Crippen molar-refractivity contribution in [2.75, 3.05) is 12.3 Å². The molecule has 1 aliphatic rings. The van der Waals surface area contributed by atoms with Crippen molar-refractivity contribution in [1.29, 1.82) is 0 Å². The van der Waals surface area contributed by atoms with Crippen LogP contribution in [0.15, 0.2) is 10.5 Å². The minimum absolute atomic E-state index is 0.0125. The number of amides is 3. The van der Waals surface area contributed by atoms with E-state index in [2.05, 4.69) is 40.8 Å². The van der Waals surface area contributed by atoms with E-state index in [0.29, 0.717) is 0 Å². The summed E-state index contributed by atoms with van der Waals surface area (Å²) in [4.78, 5) is 44.7. The fraction of sp³-hybridized carbons (Fsp3) is 0.333. The lowest BCUT2D eigenvalue weighted by Crippen LogP contribution is -2.73. The number of H-pyrrole nitrogens is 1. The van der Waals surface area contributed by atoms with Gasteiger partial charge in [-0.3, -0.25) is 14.1 Å². The van der Waals surface area contributed by atoms with Crippen LogP contribution in [0.5, 0.6) is 0 Å². The molecule has 3 rings (SSSR count). The number of primary amides is 1. The van der Waals surface area contributed by atoms with Crippen LogP contribution in [0.1, 0.15) is 11.5 Å². The fourth-order valence-electron chi connectivity index (χ4n) is 2.50. The number of aromatic nitrogens is 5. The number of tetrazole rings is 1. The van der Waals surface area contributed by atoms with Crippen LogP contribution in [0.25, 0.3) is 0 Å². The molecule has 172 valence electrons. The molecule has 1 fully saturated rings. The first-order chi connectivity index (χ1) is 15.1. The molecule has 0 aliphatic carbocycles. The Bertz CT molecular complexity index is 1150. The van der Waals surface area contributed by atoms with Crippen LogP contribution in [-0.4, -0.2) is 85.2 Å². The highest BCUT2D eigenvalue weighted by Gasteiger charge is 2.54. The molecule has 2 aromatic heterocycles. The third-order valence-corrected chi connectivity index (χ3v) is 5.44. The number of carbonyl (C=O) groups excluding carboxylic acids is 3. The quantitative estimate of drug-likeness (QED) is 0.100. The number of nitrogens with one attached hydrogen (secondary N) is 2. The van der Waals surface area contributed by atoms with Gasteiger partial charge in [0.1, 0.15) is 24.4 Å². The molecule has 18 nitrogen and oxygen atoms in total. The second-order valence-corrected chi connectivity index (χ2v) is 8.05. The maximum absolute atomic E-state index is 12.8. The van der Waals surface area contributed by atoms with E-state index >= 15 is 0 Å². The van der Waals surface area contributed by atoms with E-state index in [0.717, 1.165) is 11.3 Å². The Kier molecular flexibility index (Phi) is 6.45. The predicted molar refractivity (Wildman–Crippen MR) is 102 cm³/mol. The molecule has 2 atom stereocenters. The van der Waals surface area contributed by atoms with Crippen LogP contribution in [-0.2, 0) is 36.1 Å². The summed E-state index contributed by atoms with van der Waals surface area (Å²) in [6.07, 6.45) is -1.26. The number of nitrogen functional groups attached to an aromatic ring is 1. The van der Waals surface area contributed by atoms with Gasteiger partial charge in [-0.15, -0.1) is 21.5 Å². The van der Waals surface area contributed by atoms with Gasteiger partial charge in [0.2, 0.25) is 5.82 Å². The smallest absolute Gasteiger partial charge is 0.404 e. The molecule has 0 radical (unpaired) electrons. The lowest BCUT2D eigenvalue weighted by atomic mass is 9.99. The summed E-state index contributed by atoms with van der Waals surface area (Å²) in [6.45, 7) is -1.00. The van der Waals surface area contributed by atoms with E-state index in [4.69, 9.17) is 16.3 Å². The summed E-state index contributed by atoms with van der Waals surface area (Å²) in [5.41, 5.74) is 9.98. The third kappa shape index (κ3) is 5.04. The van der Waals surface area contributed by atoms with Crippen molar-refractivity contribution in [3.63, 3.8) is 0 Å². The number of ether oxygens (including phenoxy) is 1. The summed E-state index contributed by atoms with van der Waals surface area (Å²) < 4.78 is 36.6. The highest BCUT2D eigenvalue weighted by Crippen LogP contribution is 2.24. The molecule has 0 unspecified atom stereocenters. The minimum Gasteiger partial charge on any atom is -0.447 e. The van der Waals surface area contributed by atoms with Crippen LogP contribution < -0.4 is 16.8 Å². The number of rotatable bonds is 9. The molecular weight excluding hydrogens is 476 g/mol.